The van der Waals surface area contributed by atoms with Gasteiger partial charge in [0.1, 0.15) is 11.9 Å². The molecule has 25 heavy (non-hydrogen) atoms. The van der Waals surface area contributed by atoms with Gasteiger partial charge in [-0.2, -0.15) is 0 Å². The molecular formula is C22H26O3. The Balaban J connectivity index is 1.78. The van der Waals surface area contributed by atoms with Crippen molar-refractivity contribution in [2.24, 2.45) is 11.3 Å². The Hall–Kier alpha value is -2.03. The van der Waals surface area contributed by atoms with Crippen LogP contribution in [0.1, 0.15) is 51.2 Å². The Labute approximate surface area is 149 Å². The number of benzene rings is 1. The standard InChI is InChI=1S/C22H26O3/c1-13-11-15-12-16(24-4)5-6-17(15)18-9-10-22(3)19(21(13)18)7-8-20(22)25-14(2)23/h5-7,12-13,20H,8-11H2,1-4H3/t13-,20+,22+/m0/s1. The number of carbonyl (C=O) groups excluding carboxylic acids is 1. The lowest BCUT2D eigenvalue weighted by atomic mass is 9.62. The van der Waals surface area contributed by atoms with Crippen molar-refractivity contribution in [1.29, 1.82) is 0 Å². The third kappa shape index (κ3) is 2.44. The van der Waals surface area contributed by atoms with Crippen LogP contribution in [-0.2, 0) is 16.0 Å². The number of carbonyl (C=O) groups is 1. The van der Waals surface area contributed by atoms with E-state index in [2.05, 4.69) is 38.1 Å². The first kappa shape index (κ1) is 16.4. The summed E-state index contributed by atoms with van der Waals surface area (Å²) in [5, 5.41) is 0. The third-order valence-corrected chi connectivity index (χ3v) is 6.34. The van der Waals surface area contributed by atoms with Crippen molar-refractivity contribution in [2.45, 2.75) is 52.6 Å². The van der Waals surface area contributed by atoms with Crippen molar-refractivity contribution in [1.82, 2.24) is 0 Å². The highest BCUT2D eigenvalue weighted by Gasteiger charge is 2.49. The summed E-state index contributed by atoms with van der Waals surface area (Å²) in [7, 11) is 1.73. The molecule has 4 rings (SSSR count). The van der Waals surface area contributed by atoms with Gasteiger partial charge in [-0.1, -0.05) is 26.0 Å². The van der Waals surface area contributed by atoms with Crippen molar-refractivity contribution in [3.05, 3.63) is 46.5 Å². The van der Waals surface area contributed by atoms with Gasteiger partial charge in [-0.3, -0.25) is 4.79 Å². The van der Waals surface area contributed by atoms with Crippen LogP contribution >= 0.6 is 0 Å². The van der Waals surface area contributed by atoms with Crippen LogP contribution in [0.4, 0.5) is 0 Å². The Morgan fingerprint density at radius 3 is 2.84 bits per heavy atom. The quantitative estimate of drug-likeness (QED) is 0.733. The maximum atomic E-state index is 11.5. The molecule has 1 aromatic rings. The van der Waals surface area contributed by atoms with Crippen LogP contribution in [0.5, 0.6) is 5.75 Å². The molecule has 132 valence electrons. The highest BCUT2D eigenvalue weighted by Crippen LogP contribution is 2.57. The first-order chi connectivity index (χ1) is 11.9. The molecule has 0 bridgehead atoms. The van der Waals surface area contributed by atoms with Gasteiger partial charge in [0.2, 0.25) is 0 Å². The maximum absolute atomic E-state index is 11.5. The Morgan fingerprint density at radius 2 is 2.12 bits per heavy atom. The van der Waals surface area contributed by atoms with E-state index in [0.29, 0.717) is 5.92 Å². The fourth-order valence-corrected chi connectivity index (χ4v) is 5.10. The molecule has 0 radical (unpaired) electrons. The van der Waals surface area contributed by atoms with Gasteiger partial charge in [0.15, 0.2) is 0 Å². The van der Waals surface area contributed by atoms with E-state index in [1.165, 1.54) is 34.8 Å². The molecule has 3 atom stereocenters. The normalized spacial score (nSPS) is 30.2. The average Bonchev–Trinajstić information content (AvgIpc) is 2.90. The van der Waals surface area contributed by atoms with Crippen LogP contribution in [0, 0.1) is 11.3 Å². The second kappa shape index (κ2) is 5.76. The molecule has 0 saturated heterocycles. The molecule has 3 aliphatic carbocycles. The van der Waals surface area contributed by atoms with Gasteiger partial charge < -0.3 is 9.47 Å². The van der Waals surface area contributed by atoms with E-state index in [1.807, 2.05) is 0 Å². The molecule has 0 aromatic heterocycles. The molecule has 0 N–H and O–H groups in total. The molecule has 3 heteroatoms. The van der Waals surface area contributed by atoms with Crippen molar-refractivity contribution in [3.63, 3.8) is 0 Å². The fourth-order valence-electron chi connectivity index (χ4n) is 5.10. The summed E-state index contributed by atoms with van der Waals surface area (Å²) in [6.07, 6.45) is 6.27. The van der Waals surface area contributed by atoms with Gasteiger partial charge in [-0.15, -0.1) is 0 Å². The van der Waals surface area contributed by atoms with Crippen molar-refractivity contribution >= 4 is 11.5 Å². The summed E-state index contributed by atoms with van der Waals surface area (Å²) in [4.78, 5) is 11.5. The zero-order valence-corrected chi connectivity index (χ0v) is 15.5. The highest BCUT2D eigenvalue weighted by molar-refractivity contribution is 5.80. The number of allylic oxidation sites excluding steroid dienone is 2. The van der Waals surface area contributed by atoms with Crippen LogP contribution in [0.25, 0.3) is 5.57 Å². The lowest BCUT2D eigenvalue weighted by molar-refractivity contribution is -0.150. The lowest BCUT2D eigenvalue weighted by Crippen LogP contribution is -2.37. The minimum absolute atomic E-state index is 0.0153. The van der Waals surface area contributed by atoms with Crippen LogP contribution in [-0.4, -0.2) is 19.2 Å². The monoisotopic (exact) mass is 338 g/mol. The number of hydrogen-bond donors (Lipinski definition) is 0. The Bertz CT molecular complexity index is 801. The van der Waals surface area contributed by atoms with Crippen molar-refractivity contribution in [3.8, 4) is 5.75 Å². The van der Waals surface area contributed by atoms with Gasteiger partial charge in [0.25, 0.3) is 0 Å². The van der Waals surface area contributed by atoms with Gasteiger partial charge in [0, 0.05) is 18.8 Å². The van der Waals surface area contributed by atoms with Crippen LogP contribution in [0.3, 0.4) is 0 Å². The van der Waals surface area contributed by atoms with E-state index in [9.17, 15) is 4.79 Å². The van der Waals surface area contributed by atoms with Gasteiger partial charge in [-0.25, -0.2) is 0 Å². The van der Waals surface area contributed by atoms with Gasteiger partial charge in [-0.05, 0) is 65.2 Å². The molecule has 0 heterocycles. The SMILES string of the molecule is COc1ccc2c(c1)C[C@H](C)C1=C2CC[C@]2(C)C1=CC[C@H]2OC(C)=O. The number of methoxy groups -OCH3 is 1. The van der Waals surface area contributed by atoms with E-state index >= 15 is 0 Å². The first-order valence-electron chi connectivity index (χ1n) is 9.22. The number of hydrogen-bond acceptors (Lipinski definition) is 3. The van der Waals surface area contributed by atoms with E-state index in [1.54, 1.807) is 7.11 Å². The summed E-state index contributed by atoms with van der Waals surface area (Å²) in [5.74, 6) is 1.25. The molecule has 0 fully saturated rings. The first-order valence-corrected chi connectivity index (χ1v) is 9.22. The van der Waals surface area contributed by atoms with E-state index in [0.717, 1.165) is 31.4 Å². The smallest absolute Gasteiger partial charge is 0.302 e. The fraction of sp³-hybridized carbons (Fsp3) is 0.500. The van der Waals surface area contributed by atoms with Crippen LogP contribution < -0.4 is 4.74 Å². The number of esters is 1. The second-order valence-corrected chi connectivity index (χ2v) is 7.89. The molecule has 0 amide bonds. The molecule has 0 aliphatic heterocycles. The largest absolute Gasteiger partial charge is 0.497 e. The predicted molar refractivity (Wildman–Crippen MR) is 98.4 cm³/mol. The van der Waals surface area contributed by atoms with E-state index in [-0.39, 0.29) is 17.5 Å². The molecule has 0 saturated carbocycles. The number of ether oxygens (including phenoxy) is 2. The summed E-state index contributed by atoms with van der Waals surface area (Å²) in [5.41, 5.74) is 7.15. The maximum Gasteiger partial charge on any atom is 0.302 e. The van der Waals surface area contributed by atoms with Gasteiger partial charge >= 0.3 is 5.97 Å². The molecule has 3 nitrogen and oxygen atoms in total. The molecular weight excluding hydrogens is 312 g/mol. The van der Waals surface area contributed by atoms with E-state index in [4.69, 9.17) is 9.47 Å². The Morgan fingerprint density at radius 1 is 1.32 bits per heavy atom. The van der Waals surface area contributed by atoms with E-state index < -0.39 is 0 Å². The summed E-state index contributed by atoms with van der Waals surface area (Å²) < 4.78 is 11.1. The third-order valence-electron chi connectivity index (χ3n) is 6.34. The summed E-state index contributed by atoms with van der Waals surface area (Å²) in [6.45, 7) is 6.12. The minimum atomic E-state index is -0.171. The zero-order valence-electron chi connectivity index (χ0n) is 15.5. The molecule has 0 unspecified atom stereocenters. The minimum Gasteiger partial charge on any atom is -0.497 e. The number of fused-ring (bicyclic) bond motifs is 4. The van der Waals surface area contributed by atoms with Gasteiger partial charge in [0.05, 0.1) is 7.11 Å². The zero-order chi connectivity index (χ0) is 17.8. The number of rotatable bonds is 2. The second-order valence-electron chi connectivity index (χ2n) is 7.89. The van der Waals surface area contributed by atoms with Crippen molar-refractivity contribution < 1.29 is 14.3 Å². The van der Waals surface area contributed by atoms with Crippen LogP contribution in [0.15, 0.2) is 35.4 Å². The highest BCUT2D eigenvalue weighted by atomic mass is 16.5. The van der Waals surface area contributed by atoms with Crippen molar-refractivity contribution in [2.75, 3.05) is 7.11 Å². The Kier molecular flexibility index (Phi) is 3.78. The lowest BCUT2D eigenvalue weighted by Gasteiger charge is -2.43. The average molecular weight is 338 g/mol. The molecule has 3 aliphatic rings. The van der Waals surface area contributed by atoms with Crippen LogP contribution in [0.2, 0.25) is 0 Å². The summed E-state index contributed by atoms with van der Waals surface area (Å²) in [6, 6.07) is 6.48. The molecule has 0 spiro atoms. The topological polar surface area (TPSA) is 35.5 Å². The summed E-state index contributed by atoms with van der Waals surface area (Å²) >= 11 is 0. The molecule has 1 aromatic carbocycles. The predicted octanol–water partition coefficient (Wildman–Crippen LogP) is 4.70.